The van der Waals surface area contributed by atoms with E-state index in [9.17, 15) is 0 Å². The van der Waals surface area contributed by atoms with Crippen LogP contribution in [0.5, 0.6) is 0 Å². The second-order valence-electron chi connectivity index (χ2n) is 6.97. The molecule has 0 spiro atoms. The molecule has 0 bridgehead atoms. The van der Waals surface area contributed by atoms with Gasteiger partial charge in [0.1, 0.15) is 0 Å². The largest absolute Gasteiger partial charge is 0.327 e. The van der Waals surface area contributed by atoms with Crippen molar-refractivity contribution >= 4 is 5.78 Å². The standard InChI is InChI=1S/C24H18N6/c1-17-15-21(19-11-7-4-8-12-19)30-24(25-17)27-22(28-30)13-14-23-26-20(16-29(23)2)18-9-5-3-6-10-18/h3-12,15-16H,1-2H3. The highest BCUT2D eigenvalue weighted by Crippen LogP contribution is 2.20. The van der Waals surface area contributed by atoms with E-state index in [2.05, 4.69) is 31.9 Å². The summed E-state index contributed by atoms with van der Waals surface area (Å²) in [6.45, 7) is 1.95. The van der Waals surface area contributed by atoms with E-state index < -0.39 is 0 Å². The molecule has 0 fully saturated rings. The van der Waals surface area contributed by atoms with Crippen LogP contribution in [0.4, 0.5) is 0 Å². The predicted octanol–water partition coefficient (Wildman–Crippen LogP) is 3.90. The molecule has 3 heterocycles. The van der Waals surface area contributed by atoms with Gasteiger partial charge < -0.3 is 4.57 Å². The van der Waals surface area contributed by atoms with Gasteiger partial charge in [0, 0.05) is 30.1 Å². The Morgan fingerprint density at radius 3 is 2.23 bits per heavy atom. The van der Waals surface area contributed by atoms with Crippen LogP contribution in [0.1, 0.15) is 17.3 Å². The Morgan fingerprint density at radius 1 is 0.800 bits per heavy atom. The summed E-state index contributed by atoms with van der Waals surface area (Å²) in [5.74, 6) is 7.72. The fourth-order valence-corrected chi connectivity index (χ4v) is 3.30. The lowest BCUT2D eigenvalue weighted by atomic mass is 10.1. The number of imidazole rings is 1. The lowest BCUT2D eigenvalue weighted by Gasteiger charge is -2.04. The molecule has 30 heavy (non-hydrogen) atoms. The molecule has 144 valence electrons. The molecule has 0 radical (unpaired) electrons. The molecule has 3 aromatic heterocycles. The zero-order chi connectivity index (χ0) is 20.5. The predicted molar refractivity (Wildman–Crippen MR) is 116 cm³/mol. The molecule has 6 heteroatoms. The zero-order valence-corrected chi connectivity index (χ0v) is 16.6. The van der Waals surface area contributed by atoms with Crippen molar-refractivity contribution in [3.8, 4) is 34.4 Å². The van der Waals surface area contributed by atoms with Gasteiger partial charge in [0.2, 0.25) is 5.82 Å². The molecule has 0 amide bonds. The average molecular weight is 390 g/mol. The molecular formula is C24H18N6. The Balaban J connectivity index is 1.54. The van der Waals surface area contributed by atoms with E-state index in [4.69, 9.17) is 0 Å². The molecule has 2 aromatic carbocycles. The summed E-state index contributed by atoms with van der Waals surface area (Å²) >= 11 is 0. The molecule has 0 N–H and O–H groups in total. The van der Waals surface area contributed by atoms with Crippen LogP contribution in [0.3, 0.4) is 0 Å². The van der Waals surface area contributed by atoms with Crippen LogP contribution < -0.4 is 0 Å². The summed E-state index contributed by atoms with van der Waals surface area (Å²) in [4.78, 5) is 13.6. The van der Waals surface area contributed by atoms with E-state index in [0.29, 0.717) is 17.4 Å². The third kappa shape index (κ3) is 3.33. The Morgan fingerprint density at radius 2 is 1.50 bits per heavy atom. The Bertz CT molecular complexity index is 1400. The maximum absolute atomic E-state index is 4.64. The number of hydrogen-bond acceptors (Lipinski definition) is 4. The first-order chi connectivity index (χ1) is 14.7. The highest BCUT2D eigenvalue weighted by Gasteiger charge is 2.11. The van der Waals surface area contributed by atoms with Crippen molar-refractivity contribution in [2.24, 2.45) is 7.05 Å². The van der Waals surface area contributed by atoms with Crippen molar-refractivity contribution in [3.63, 3.8) is 0 Å². The van der Waals surface area contributed by atoms with E-state index in [1.54, 1.807) is 4.52 Å². The third-order valence-electron chi connectivity index (χ3n) is 4.74. The van der Waals surface area contributed by atoms with Crippen LogP contribution in [0.2, 0.25) is 0 Å². The van der Waals surface area contributed by atoms with E-state index in [0.717, 1.165) is 28.2 Å². The summed E-state index contributed by atoms with van der Waals surface area (Å²) in [5, 5.41) is 4.57. The first kappa shape index (κ1) is 17.8. The van der Waals surface area contributed by atoms with Crippen LogP contribution in [0, 0.1) is 18.8 Å². The molecule has 5 rings (SSSR count). The minimum Gasteiger partial charge on any atom is -0.327 e. The van der Waals surface area contributed by atoms with Crippen LogP contribution in [-0.2, 0) is 7.05 Å². The van der Waals surface area contributed by atoms with Crippen molar-refractivity contribution < 1.29 is 0 Å². The van der Waals surface area contributed by atoms with Gasteiger partial charge in [0.05, 0.1) is 11.4 Å². The van der Waals surface area contributed by atoms with Crippen LogP contribution >= 0.6 is 0 Å². The highest BCUT2D eigenvalue weighted by molar-refractivity contribution is 5.62. The molecule has 0 unspecified atom stereocenters. The minimum atomic E-state index is 0.412. The number of nitrogens with zero attached hydrogens (tertiary/aromatic N) is 6. The van der Waals surface area contributed by atoms with Gasteiger partial charge >= 0.3 is 0 Å². The highest BCUT2D eigenvalue weighted by atomic mass is 15.3. The maximum atomic E-state index is 4.64. The monoisotopic (exact) mass is 390 g/mol. The van der Waals surface area contributed by atoms with Crippen LogP contribution in [0.15, 0.2) is 72.9 Å². The van der Waals surface area contributed by atoms with Gasteiger partial charge in [-0.2, -0.15) is 9.50 Å². The first-order valence-electron chi connectivity index (χ1n) is 9.58. The van der Waals surface area contributed by atoms with E-state index in [-0.39, 0.29) is 0 Å². The summed E-state index contributed by atoms with van der Waals surface area (Å²) in [7, 11) is 1.93. The molecule has 0 aliphatic carbocycles. The number of aromatic nitrogens is 6. The van der Waals surface area contributed by atoms with Gasteiger partial charge in [-0.15, -0.1) is 5.10 Å². The van der Waals surface area contributed by atoms with Gasteiger partial charge in [0.15, 0.2) is 5.82 Å². The molecule has 0 aliphatic heterocycles. The van der Waals surface area contributed by atoms with E-state index >= 15 is 0 Å². The summed E-state index contributed by atoms with van der Waals surface area (Å²) < 4.78 is 3.64. The first-order valence-corrected chi connectivity index (χ1v) is 9.58. The number of fused-ring (bicyclic) bond motifs is 1. The number of hydrogen-bond donors (Lipinski definition) is 0. The Kier molecular flexibility index (Phi) is 4.34. The molecule has 5 aromatic rings. The maximum Gasteiger partial charge on any atom is 0.254 e. The van der Waals surface area contributed by atoms with Crippen molar-refractivity contribution in [3.05, 3.63) is 90.3 Å². The summed E-state index contributed by atoms with van der Waals surface area (Å²) in [6, 6.07) is 22.1. The van der Waals surface area contributed by atoms with Gasteiger partial charge in [-0.05, 0) is 24.8 Å². The van der Waals surface area contributed by atoms with Crippen LogP contribution in [-0.4, -0.2) is 29.1 Å². The Hall–Kier alpha value is -4.24. The molecule has 0 saturated carbocycles. The SMILES string of the molecule is Cc1cc(-c2ccccc2)n2nc(C#Cc3nc(-c4ccccc4)cn3C)nc2n1. The number of rotatable bonds is 2. The van der Waals surface area contributed by atoms with Crippen molar-refractivity contribution in [1.29, 1.82) is 0 Å². The van der Waals surface area contributed by atoms with Gasteiger partial charge in [-0.3, -0.25) is 0 Å². The van der Waals surface area contributed by atoms with Crippen molar-refractivity contribution in [2.45, 2.75) is 6.92 Å². The van der Waals surface area contributed by atoms with E-state index in [1.807, 2.05) is 91.5 Å². The van der Waals surface area contributed by atoms with Crippen molar-refractivity contribution in [1.82, 2.24) is 29.1 Å². The number of benzene rings is 2. The molecular weight excluding hydrogens is 372 g/mol. The minimum absolute atomic E-state index is 0.412. The lowest BCUT2D eigenvalue weighted by molar-refractivity contribution is 0.893. The smallest absolute Gasteiger partial charge is 0.254 e. The zero-order valence-electron chi connectivity index (χ0n) is 16.6. The average Bonchev–Trinajstić information content (AvgIpc) is 3.35. The summed E-state index contributed by atoms with van der Waals surface area (Å²) in [5.41, 5.74) is 4.80. The lowest BCUT2D eigenvalue weighted by Crippen LogP contribution is -1.98. The van der Waals surface area contributed by atoms with Gasteiger partial charge in [-0.1, -0.05) is 60.7 Å². The van der Waals surface area contributed by atoms with Gasteiger partial charge in [-0.25, -0.2) is 9.97 Å². The fraction of sp³-hybridized carbons (Fsp3) is 0.0833. The summed E-state index contributed by atoms with van der Waals surface area (Å²) in [6.07, 6.45) is 1.97. The molecule has 0 saturated heterocycles. The molecule has 0 aliphatic rings. The molecule has 6 nitrogen and oxygen atoms in total. The topological polar surface area (TPSA) is 60.9 Å². The Labute approximate surface area is 173 Å². The quantitative estimate of drug-likeness (QED) is 0.429. The van der Waals surface area contributed by atoms with Crippen LogP contribution in [0.25, 0.3) is 28.3 Å². The normalized spacial score (nSPS) is 10.7. The number of aryl methyl sites for hydroxylation is 2. The fourth-order valence-electron chi connectivity index (χ4n) is 3.30. The van der Waals surface area contributed by atoms with Crippen molar-refractivity contribution in [2.75, 3.05) is 0 Å². The second kappa shape index (κ2) is 7.30. The van der Waals surface area contributed by atoms with Gasteiger partial charge in [0.25, 0.3) is 5.78 Å². The second-order valence-corrected chi connectivity index (χ2v) is 6.97. The molecule has 0 atom stereocenters. The van der Waals surface area contributed by atoms with E-state index in [1.165, 1.54) is 0 Å². The third-order valence-corrected chi connectivity index (χ3v) is 4.74.